The largest absolute Gasteiger partial charge is 0.474 e. The van der Waals surface area contributed by atoms with Gasteiger partial charge in [0.05, 0.1) is 22.7 Å². The highest BCUT2D eigenvalue weighted by Gasteiger charge is 2.14. The summed E-state index contributed by atoms with van der Waals surface area (Å²) in [7, 11) is 0. The highest BCUT2D eigenvalue weighted by atomic mass is 35.5. The monoisotopic (exact) mass is 399 g/mol. The first-order chi connectivity index (χ1) is 12.0. The predicted molar refractivity (Wildman–Crippen MR) is 101 cm³/mol. The van der Waals surface area contributed by atoms with E-state index in [1.165, 1.54) is 18.1 Å². The molecule has 9 heteroatoms. The minimum Gasteiger partial charge on any atom is -0.474 e. The van der Waals surface area contributed by atoms with Crippen LogP contribution in [-0.4, -0.2) is 22.5 Å². The van der Waals surface area contributed by atoms with Crippen molar-refractivity contribution in [1.29, 1.82) is 0 Å². The molecule has 0 aliphatic heterocycles. The lowest BCUT2D eigenvalue weighted by atomic mass is 10.2. The number of aromatic nitrogens is 2. The minimum absolute atomic E-state index is 0.0239. The van der Waals surface area contributed by atoms with Gasteiger partial charge in [0.25, 0.3) is 0 Å². The van der Waals surface area contributed by atoms with Crippen molar-refractivity contribution in [3.05, 3.63) is 34.4 Å². The number of hydrogen-bond acceptors (Lipinski definition) is 7. The standard InChI is InChI=1S/C16H15Cl2N3O3S/c1-8(2)22-16-12(18)4-9(7-19-16)23-14-6-13-10(5-11(14)17)15(20-24-13)21-25-3/h4-8H,1-3H3,(H,20,21). The topological polar surface area (TPSA) is 69.4 Å². The number of rotatable bonds is 6. The number of fused-ring (bicyclic) bond motifs is 1. The maximum atomic E-state index is 6.31. The molecule has 0 fully saturated rings. The number of ether oxygens (including phenoxy) is 2. The molecular formula is C16H15Cl2N3O3S. The van der Waals surface area contributed by atoms with Gasteiger partial charge in [0.2, 0.25) is 5.88 Å². The molecule has 0 aliphatic rings. The van der Waals surface area contributed by atoms with Gasteiger partial charge in [0.15, 0.2) is 11.4 Å². The maximum absolute atomic E-state index is 6.31. The average Bonchev–Trinajstić information content (AvgIpc) is 2.92. The molecule has 0 amide bonds. The Morgan fingerprint density at radius 2 is 2.00 bits per heavy atom. The van der Waals surface area contributed by atoms with Gasteiger partial charge < -0.3 is 18.7 Å². The van der Waals surface area contributed by atoms with Crippen LogP contribution in [0.2, 0.25) is 10.0 Å². The van der Waals surface area contributed by atoms with Crippen molar-refractivity contribution in [3.8, 4) is 17.4 Å². The maximum Gasteiger partial charge on any atom is 0.233 e. The van der Waals surface area contributed by atoms with Crippen LogP contribution < -0.4 is 14.2 Å². The SMILES string of the molecule is CSNc1noc2cc(Oc3cnc(OC(C)C)c(Cl)c3)c(Cl)cc12. The fourth-order valence-electron chi connectivity index (χ4n) is 2.09. The van der Waals surface area contributed by atoms with Gasteiger partial charge in [0.1, 0.15) is 16.5 Å². The lowest BCUT2D eigenvalue weighted by molar-refractivity contribution is 0.232. The normalized spacial score (nSPS) is 11.1. The Balaban J connectivity index is 1.87. The summed E-state index contributed by atoms with van der Waals surface area (Å²) in [5.74, 6) is 1.81. The molecule has 0 unspecified atom stereocenters. The molecule has 6 nitrogen and oxygen atoms in total. The summed E-state index contributed by atoms with van der Waals surface area (Å²) in [5.41, 5.74) is 0.551. The first kappa shape index (κ1) is 18.0. The van der Waals surface area contributed by atoms with Gasteiger partial charge in [-0.25, -0.2) is 4.98 Å². The second-order valence-electron chi connectivity index (χ2n) is 5.34. The van der Waals surface area contributed by atoms with Crippen LogP contribution in [-0.2, 0) is 0 Å². The molecule has 3 aromatic rings. The number of hydrogen-bond donors (Lipinski definition) is 1. The van der Waals surface area contributed by atoms with Gasteiger partial charge in [-0.15, -0.1) is 0 Å². The molecule has 0 spiro atoms. The molecule has 0 bridgehead atoms. The third-order valence-corrected chi connectivity index (χ3v) is 4.04. The molecule has 25 heavy (non-hydrogen) atoms. The number of anilines is 1. The van der Waals surface area contributed by atoms with Gasteiger partial charge in [-0.3, -0.25) is 0 Å². The van der Waals surface area contributed by atoms with Gasteiger partial charge in [0, 0.05) is 18.4 Å². The lowest BCUT2D eigenvalue weighted by Gasteiger charge is -2.12. The number of nitrogens with zero attached hydrogens (tertiary/aromatic N) is 2. The predicted octanol–water partition coefficient (Wildman–Crippen LogP) is 5.80. The van der Waals surface area contributed by atoms with Crippen LogP contribution in [0.25, 0.3) is 11.0 Å². The number of nitrogens with one attached hydrogen (secondary N) is 1. The molecule has 0 radical (unpaired) electrons. The van der Waals surface area contributed by atoms with E-state index in [9.17, 15) is 0 Å². The van der Waals surface area contributed by atoms with Crippen molar-refractivity contribution < 1.29 is 14.0 Å². The average molecular weight is 400 g/mol. The molecule has 0 aliphatic carbocycles. The lowest BCUT2D eigenvalue weighted by Crippen LogP contribution is -2.07. The zero-order valence-corrected chi connectivity index (χ0v) is 16.0. The van der Waals surface area contributed by atoms with E-state index in [0.717, 1.165) is 5.39 Å². The van der Waals surface area contributed by atoms with Gasteiger partial charge in [-0.1, -0.05) is 40.3 Å². The molecule has 1 aromatic carbocycles. The van der Waals surface area contributed by atoms with E-state index in [2.05, 4.69) is 14.9 Å². The minimum atomic E-state index is -0.0239. The number of halogens is 2. The van der Waals surface area contributed by atoms with Crippen molar-refractivity contribution in [2.24, 2.45) is 0 Å². The quantitative estimate of drug-likeness (QED) is 0.525. The molecule has 2 heterocycles. The zero-order chi connectivity index (χ0) is 18.0. The van der Waals surface area contributed by atoms with Crippen molar-refractivity contribution in [2.75, 3.05) is 11.0 Å². The van der Waals surface area contributed by atoms with E-state index in [-0.39, 0.29) is 6.10 Å². The van der Waals surface area contributed by atoms with E-state index in [1.807, 2.05) is 20.1 Å². The van der Waals surface area contributed by atoms with Crippen LogP contribution >= 0.6 is 35.1 Å². The third-order valence-electron chi connectivity index (χ3n) is 3.08. The molecule has 2 aromatic heterocycles. The molecule has 0 atom stereocenters. The van der Waals surface area contributed by atoms with Crippen LogP contribution in [0.15, 0.2) is 28.9 Å². The van der Waals surface area contributed by atoms with E-state index in [0.29, 0.717) is 38.8 Å². The summed E-state index contributed by atoms with van der Waals surface area (Å²) in [4.78, 5) is 4.16. The number of pyridine rings is 1. The first-order valence-corrected chi connectivity index (χ1v) is 9.34. The van der Waals surface area contributed by atoms with Crippen LogP contribution in [0, 0.1) is 0 Å². The van der Waals surface area contributed by atoms with Crippen LogP contribution in [0.3, 0.4) is 0 Å². The van der Waals surface area contributed by atoms with Crippen molar-refractivity contribution in [2.45, 2.75) is 20.0 Å². The Kier molecular flexibility index (Phi) is 5.46. The van der Waals surface area contributed by atoms with E-state index in [4.69, 9.17) is 37.2 Å². The summed E-state index contributed by atoms with van der Waals surface area (Å²) in [6, 6.07) is 5.02. The van der Waals surface area contributed by atoms with Crippen LogP contribution in [0.4, 0.5) is 5.82 Å². The Hall–Kier alpha value is -1.83. The Morgan fingerprint density at radius 3 is 2.68 bits per heavy atom. The fourth-order valence-corrected chi connectivity index (χ4v) is 2.83. The highest BCUT2D eigenvalue weighted by Crippen LogP contribution is 2.37. The Bertz CT molecular complexity index is 902. The van der Waals surface area contributed by atoms with Gasteiger partial charge >= 0.3 is 0 Å². The third kappa shape index (κ3) is 4.05. The van der Waals surface area contributed by atoms with E-state index < -0.39 is 0 Å². The molecule has 0 saturated carbocycles. The highest BCUT2D eigenvalue weighted by molar-refractivity contribution is 7.99. The number of benzene rings is 1. The van der Waals surface area contributed by atoms with Crippen LogP contribution in [0.5, 0.6) is 17.4 Å². The summed E-state index contributed by atoms with van der Waals surface area (Å²) < 4.78 is 19.6. The molecule has 3 rings (SSSR count). The second kappa shape index (κ2) is 7.59. The van der Waals surface area contributed by atoms with Gasteiger partial charge in [-0.05, 0) is 19.9 Å². The van der Waals surface area contributed by atoms with E-state index in [1.54, 1.807) is 18.2 Å². The van der Waals surface area contributed by atoms with Gasteiger partial charge in [-0.2, -0.15) is 0 Å². The summed E-state index contributed by atoms with van der Waals surface area (Å²) in [6.07, 6.45) is 3.39. The van der Waals surface area contributed by atoms with Crippen molar-refractivity contribution in [1.82, 2.24) is 10.1 Å². The Labute approximate surface area is 158 Å². The molecular weight excluding hydrogens is 385 g/mol. The van der Waals surface area contributed by atoms with Crippen LogP contribution in [0.1, 0.15) is 13.8 Å². The fraction of sp³-hybridized carbons (Fsp3) is 0.250. The molecule has 0 saturated heterocycles. The first-order valence-electron chi connectivity index (χ1n) is 7.36. The summed E-state index contributed by atoms with van der Waals surface area (Å²) in [6.45, 7) is 3.80. The second-order valence-corrected chi connectivity index (χ2v) is 6.77. The van der Waals surface area contributed by atoms with E-state index >= 15 is 0 Å². The summed E-state index contributed by atoms with van der Waals surface area (Å²) in [5, 5.41) is 5.49. The Morgan fingerprint density at radius 1 is 1.20 bits per heavy atom. The smallest absolute Gasteiger partial charge is 0.233 e. The van der Waals surface area contributed by atoms with Crippen molar-refractivity contribution in [3.63, 3.8) is 0 Å². The van der Waals surface area contributed by atoms with Crippen molar-refractivity contribution >= 4 is 51.9 Å². The molecule has 1 N–H and O–H groups in total. The summed E-state index contributed by atoms with van der Waals surface area (Å²) >= 11 is 13.9. The zero-order valence-electron chi connectivity index (χ0n) is 13.7. The molecule has 132 valence electrons.